The highest BCUT2D eigenvalue weighted by molar-refractivity contribution is 6.42. The first-order valence-corrected chi connectivity index (χ1v) is 8.20. The van der Waals surface area contributed by atoms with Gasteiger partial charge in [0.1, 0.15) is 6.61 Å². The number of hydrogen-bond acceptors (Lipinski definition) is 4. The standard InChI is InChI=1S/C17H18Cl2N4O2/c1-2-24-16-8-11(9-22-23-17(20)21)4-6-15(16)25-10-12-3-5-13(18)14(19)7-12/h3-9H,2,10H2,1H3,(H4,20,21,23). The van der Waals surface area contributed by atoms with Gasteiger partial charge in [0, 0.05) is 0 Å². The molecule has 0 aromatic heterocycles. The predicted octanol–water partition coefficient (Wildman–Crippen LogP) is 3.58. The average molecular weight is 381 g/mol. The Labute approximate surface area is 156 Å². The summed E-state index contributed by atoms with van der Waals surface area (Å²) in [5.41, 5.74) is 12.1. The van der Waals surface area contributed by atoms with E-state index < -0.39 is 0 Å². The summed E-state index contributed by atoms with van der Waals surface area (Å²) in [6.45, 7) is 2.72. The highest BCUT2D eigenvalue weighted by Crippen LogP contribution is 2.29. The van der Waals surface area contributed by atoms with E-state index in [1.807, 2.05) is 19.1 Å². The summed E-state index contributed by atoms with van der Waals surface area (Å²) in [6, 6.07) is 10.7. The Morgan fingerprint density at radius 3 is 2.52 bits per heavy atom. The van der Waals surface area contributed by atoms with Crippen LogP contribution in [0.15, 0.2) is 46.6 Å². The minimum atomic E-state index is -0.108. The zero-order chi connectivity index (χ0) is 18.2. The Morgan fingerprint density at radius 2 is 1.84 bits per heavy atom. The van der Waals surface area contributed by atoms with Crippen molar-refractivity contribution in [1.29, 1.82) is 0 Å². The number of hydrogen-bond donors (Lipinski definition) is 2. The molecule has 6 nitrogen and oxygen atoms in total. The highest BCUT2D eigenvalue weighted by atomic mass is 35.5. The fraction of sp³-hybridized carbons (Fsp3) is 0.176. The molecule has 0 atom stereocenters. The van der Waals surface area contributed by atoms with Crippen molar-refractivity contribution in [2.75, 3.05) is 6.61 Å². The van der Waals surface area contributed by atoms with Crippen LogP contribution in [0.5, 0.6) is 11.5 Å². The van der Waals surface area contributed by atoms with Crippen LogP contribution >= 0.6 is 23.2 Å². The topological polar surface area (TPSA) is 95.2 Å². The van der Waals surface area contributed by atoms with E-state index in [9.17, 15) is 0 Å². The molecular weight excluding hydrogens is 363 g/mol. The highest BCUT2D eigenvalue weighted by Gasteiger charge is 2.07. The Kier molecular flexibility index (Phi) is 6.91. The zero-order valence-electron chi connectivity index (χ0n) is 13.6. The lowest BCUT2D eigenvalue weighted by atomic mass is 10.2. The van der Waals surface area contributed by atoms with Gasteiger partial charge >= 0.3 is 0 Å². The average Bonchev–Trinajstić information content (AvgIpc) is 2.57. The quantitative estimate of drug-likeness (QED) is 0.435. The molecule has 8 heteroatoms. The van der Waals surface area contributed by atoms with Crippen LogP contribution in [-0.4, -0.2) is 18.8 Å². The van der Waals surface area contributed by atoms with E-state index in [0.717, 1.165) is 11.1 Å². The molecule has 4 N–H and O–H groups in total. The molecule has 2 rings (SSSR count). The van der Waals surface area contributed by atoms with Gasteiger partial charge in [-0.1, -0.05) is 29.3 Å². The lowest BCUT2D eigenvalue weighted by molar-refractivity contribution is 0.269. The Balaban J connectivity index is 2.14. The summed E-state index contributed by atoms with van der Waals surface area (Å²) in [6.07, 6.45) is 1.52. The van der Waals surface area contributed by atoms with Crippen LogP contribution in [0.25, 0.3) is 0 Å². The maximum absolute atomic E-state index is 6.01. The van der Waals surface area contributed by atoms with Crippen molar-refractivity contribution >= 4 is 35.4 Å². The van der Waals surface area contributed by atoms with Crippen LogP contribution in [0.4, 0.5) is 0 Å². The van der Waals surface area contributed by atoms with Gasteiger partial charge in [-0.05, 0) is 48.4 Å². The molecule has 0 spiro atoms. The molecular formula is C17H18Cl2N4O2. The summed E-state index contributed by atoms with van der Waals surface area (Å²) >= 11 is 11.9. The van der Waals surface area contributed by atoms with Gasteiger partial charge in [0.2, 0.25) is 5.96 Å². The van der Waals surface area contributed by atoms with E-state index in [0.29, 0.717) is 34.8 Å². The number of nitrogens with two attached hydrogens (primary N) is 2. The SMILES string of the molecule is CCOc1cc(C=NN=C(N)N)ccc1OCc1ccc(Cl)c(Cl)c1. The van der Waals surface area contributed by atoms with Crippen LogP contribution < -0.4 is 20.9 Å². The third-order valence-electron chi connectivity index (χ3n) is 3.03. The molecule has 0 radical (unpaired) electrons. The molecule has 0 aliphatic rings. The second kappa shape index (κ2) is 9.15. The van der Waals surface area contributed by atoms with Crippen LogP contribution in [0.1, 0.15) is 18.1 Å². The van der Waals surface area contributed by atoms with Gasteiger partial charge in [-0.15, -0.1) is 5.10 Å². The van der Waals surface area contributed by atoms with E-state index in [1.165, 1.54) is 6.21 Å². The van der Waals surface area contributed by atoms with Crippen molar-refractivity contribution in [1.82, 2.24) is 0 Å². The molecule has 0 amide bonds. The lowest BCUT2D eigenvalue weighted by Crippen LogP contribution is -2.21. The van der Waals surface area contributed by atoms with Crippen molar-refractivity contribution in [3.05, 3.63) is 57.6 Å². The molecule has 0 fully saturated rings. The number of ether oxygens (including phenoxy) is 2. The van der Waals surface area contributed by atoms with Crippen molar-refractivity contribution in [2.24, 2.45) is 21.7 Å². The minimum Gasteiger partial charge on any atom is -0.490 e. The molecule has 0 aliphatic heterocycles. The Hall–Kier alpha value is -2.44. The first kappa shape index (κ1) is 18.9. The van der Waals surface area contributed by atoms with E-state index in [1.54, 1.807) is 24.3 Å². The van der Waals surface area contributed by atoms with E-state index >= 15 is 0 Å². The number of guanidine groups is 1. The maximum atomic E-state index is 6.01. The van der Waals surface area contributed by atoms with Crippen molar-refractivity contribution in [3.8, 4) is 11.5 Å². The molecule has 0 saturated heterocycles. The fourth-order valence-corrected chi connectivity index (χ4v) is 2.27. The van der Waals surface area contributed by atoms with Gasteiger partial charge in [0.05, 0.1) is 22.9 Å². The monoisotopic (exact) mass is 380 g/mol. The van der Waals surface area contributed by atoms with Crippen molar-refractivity contribution < 1.29 is 9.47 Å². The summed E-state index contributed by atoms with van der Waals surface area (Å²) in [5.74, 6) is 1.09. The first-order chi connectivity index (χ1) is 12.0. The number of nitrogens with zero attached hydrogens (tertiary/aromatic N) is 2. The fourth-order valence-electron chi connectivity index (χ4n) is 1.95. The molecule has 0 unspecified atom stereocenters. The molecule has 0 aliphatic carbocycles. The van der Waals surface area contributed by atoms with Crippen molar-refractivity contribution in [3.63, 3.8) is 0 Å². The van der Waals surface area contributed by atoms with E-state index in [2.05, 4.69) is 10.2 Å². The second-order valence-electron chi connectivity index (χ2n) is 4.95. The number of benzene rings is 2. The van der Waals surface area contributed by atoms with Crippen LogP contribution in [0.2, 0.25) is 10.0 Å². The van der Waals surface area contributed by atoms with Crippen LogP contribution in [0, 0.1) is 0 Å². The zero-order valence-corrected chi connectivity index (χ0v) is 15.1. The van der Waals surface area contributed by atoms with Gasteiger partial charge in [-0.3, -0.25) is 0 Å². The van der Waals surface area contributed by atoms with Crippen molar-refractivity contribution in [2.45, 2.75) is 13.5 Å². The number of halogens is 2. The van der Waals surface area contributed by atoms with Crippen LogP contribution in [0.3, 0.4) is 0 Å². The molecule has 0 bridgehead atoms. The van der Waals surface area contributed by atoms with E-state index in [-0.39, 0.29) is 5.96 Å². The van der Waals surface area contributed by atoms with Gasteiger partial charge < -0.3 is 20.9 Å². The molecule has 0 heterocycles. The van der Waals surface area contributed by atoms with Gasteiger partial charge in [0.15, 0.2) is 11.5 Å². The van der Waals surface area contributed by atoms with Crippen LogP contribution in [-0.2, 0) is 6.61 Å². The first-order valence-electron chi connectivity index (χ1n) is 7.45. The molecule has 2 aromatic rings. The minimum absolute atomic E-state index is 0.108. The van der Waals surface area contributed by atoms with E-state index in [4.69, 9.17) is 44.1 Å². The summed E-state index contributed by atoms with van der Waals surface area (Å²) in [7, 11) is 0. The maximum Gasteiger partial charge on any atom is 0.211 e. The Morgan fingerprint density at radius 1 is 1.04 bits per heavy atom. The largest absolute Gasteiger partial charge is 0.490 e. The summed E-state index contributed by atoms with van der Waals surface area (Å²) in [5, 5.41) is 8.32. The second-order valence-corrected chi connectivity index (χ2v) is 5.76. The van der Waals surface area contributed by atoms with Gasteiger partial charge in [0.25, 0.3) is 0 Å². The molecule has 2 aromatic carbocycles. The number of rotatable bonds is 7. The normalized spacial score (nSPS) is 10.7. The Bertz CT molecular complexity index is 790. The molecule has 132 valence electrons. The lowest BCUT2D eigenvalue weighted by Gasteiger charge is -2.13. The van der Waals surface area contributed by atoms with Gasteiger partial charge in [-0.2, -0.15) is 5.10 Å². The molecule has 25 heavy (non-hydrogen) atoms. The predicted molar refractivity (Wildman–Crippen MR) is 102 cm³/mol. The van der Waals surface area contributed by atoms with Gasteiger partial charge in [-0.25, -0.2) is 0 Å². The molecule has 0 saturated carbocycles. The third-order valence-corrected chi connectivity index (χ3v) is 3.77. The summed E-state index contributed by atoms with van der Waals surface area (Å²) < 4.78 is 11.4. The third kappa shape index (κ3) is 5.85. The smallest absolute Gasteiger partial charge is 0.211 e. The summed E-state index contributed by atoms with van der Waals surface area (Å²) in [4.78, 5) is 0.